The van der Waals surface area contributed by atoms with E-state index in [1.807, 2.05) is 26.8 Å². The third kappa shape index (κ3) is 6.96. The van der Waals surface area contributed by atoms with E-state index in [0.29, 0.717) is 12.5 Å². The summed E-state index contributed by atoms with van der Waals surface area (Å²) in [5.41, 5.74) is 0.602. The van der Waals surface area contributed by atoms with Crippen LogP contribution >= 0.6 is 0 Å². The average Bonchev–Trinajstić information content (AvgIpc) is 2.66. The van der Waals surface area contributed by atoms with Crippen LogP contribution in [0.1, 0.15) is 64.4 Å². The van der Waals surface area contributed by atoms with Crippen LogP contribution in [0.25, 0.3) is 0 Å². The van der Waals surface area contributed by atoms with Crippen LogP contribution in [0.5, 0.6) is 0 Å². The Balaban J connectivity index is 1.44. The molecule has 5 nitrogen and oxygen atoms in total. The molecule has 1 saturated carbocycles. The van der Waals surface area contributed by atoms with Crippen LogP contribution in [-0.2, 0) is 9.47 Å². The maximum Gasteiger partial charge on any atom is 0.407 e. The fourth-order valence-electron chi connectivity index (χ4n) is 4.33. The molecule has 2 aliphatic rings. The van der Waals surface area contributed by atoms with Gasteiger partial charge in [0.25, 0.3) is 0 Å². The summed E-state index contributed by atoms with van der Waals surface area (Å²) >= 11 is 0. The number of amides is 1. The molecule has 162 valence electrons. The van der Waals surface area contributed by atoms with Gasteiger partial charge in [0, 0.05) is 18.5 Å². The summed E-state index contributed by atoms with van der Waals surface area (Å²) < 4.78 is 25.1. The Kier molecular flexibility index (Phi) is 7.52. The fraction of sp³-hybridized carbons (Fsp3) is 0.696. The van der Waals surface area contributed by atoms with Crippen molar-refractivity contribution in [2.24, 2.45) is 5.92 Å². The number of carbonyl (C=O) groups is 1. The molecule has 2 fully saturated rings. The number of piperidine rings is 1. The van der Waals surface area contributed by atoms with Gasteiger partial charge in [0.2, 0.25) is 0 Å². The number of alkyl carbamates (subject to hydrolysis) is 1. The van der Waals surface area contributed by atoms with E-state index in [2.05, 4.69) is 10.6 Å². The number of hydrogen-bond acceptors (Lipinski definition) is 4. The summed E-state index contributed by atoms with van der Waals surface area (Å²) in [6, 6.07) is 7.04. The van der Waals surface area contributed by atoms with Crippen LogP contribution in [0.4, 0.5) is 9.18 Å². The smallest absolute Gasteiger partial charge is 0.407 e. The highest BCUT2D eigenvalue weighted by molar-refractivity contribution is 5.68. The van der Waals surface area contributed by atoms with Gasteiger partial charge in [-0.1, -0.05) is 12.1 Å². The molecule has 1 aliphatic heterocycles. The molecule has 1 amide bonds. The molecule has 0 bridgehead atoms. The Morgan fingerprint density at radius 3 is 2.66 bits per heavy atom. The van der Waals surface area contributed by atoms with Gasteiger partial charge in [0.05, 0.1) is 12.7 Å². The number of ether oxygens (including phenoxy) is 2. The highest BCUT2D eigenvalue weighted by Crippen LogP contribution is 2.34. The van der Waals surface area contributed by atoms with Crippen LogP contribution in [0.3, 0.4) is 0 Å². The Morgan fingerprint density at radius 2 is 1.97 bits per heavy atom. The maximum atomic E-state index is 13.5. The van der Waals surface area contributed by atoms with E-state index in [1.54, 1.807) is 12.1 Å². The number of rotatable bonds is 5. The summed E-state index contributed by atoms with van der Waals surface area (Å²) in [5.74, 6) is 0.495. The lowest BCUT2D eigenvalue weighted by atomic mass is 9.82. The quantitative estimate of drug-likeness (QED) is 0.762. The molecule has 0 aromatic heterocycles. The SMILES string of the molecule is CC(C)(C)OC(=O)N[C@H]1CCNC[C@H]1COC1CCC(c2cccc(F)c2)CC1. The Hall–Kier alpha value is -1.66. The zero-order chi connectivity index (χ0) is 20.9. The number of halogens is 1. The van der Waals surface area contributed by atoms with Crippen molar-refractivity contribution in [2.75, 3.05) is 19.7 Å². The van der Waals surface area contributed by atoms with Gasteiger partial charge in [0.15, 0.2) is 0 Å². The van der Waals surface area contributed by atoms with Crippen molar-refractivity contribution in [3.63, 3.8) is 0 Å². The largest absolute Gasteiger partial charge is 0.444 e. The lowest BCUT2D eigenvalue weighted by Crippen LogP contribution is -2.52. The zero-order valence-corrected chi connectivity index (χ0v) is 17.9. The second kappa shape index (κ2) is 9.90. The minimum absolute atomic E-state index is 0.0646. The van der Waals surface area contributed by atoms with E-state index in [1.165, 1.54) is 6.07 Å². The van der Waals surface area contributed by atoms with Gasteiger partial charge >= 0.3 is 6.09 Å². The summed E-state index contributed by atoms with van der Waals surface area (Å²) in [6.45, 7) is 7.96. The number of hydrogen-bond donors (Lipinski definition) is 2. The highest BCUT2D eigenvalue weighted by Gasteiger charge is 2.30. The van der Waals surface area contributed by atoms with Crippen molar-refractivity contribution in [2.45, 2.75) is 76.5 Å². The second-order valence-electron chi connectivity index (χ2n) is 9.37. The average molecular weight is 407 g/mol. The number of nitrogens with one attached hydrogen (secondary N) is 2. The van der Waals surface area contributed by atoms with E-state index in [-0.39, 0.29) is 30.0 Å². The molecule has 2 N–H and O–H groups in total. The van der Waals surface area contributed by atoms with E-state index in [0.717, 1.165) is 50.8 Å². The highest BCUT2D eigenvalue weighted by atomic mass is 19.1. The summed E-state index contributed by atoms with van der Waals surface area (Å²) in [4.78, 5) is 12.2. The van der Waals surface area contributed by atoms with E-state index in [9.17, 15) is 9.18 Å². The first kappa shape index (κ1) is 22.0. The maximum absolute atomic E-state index is 13.5. The standard InChI is InChI=1S/C23H35FN2O3/c1-23(2,3)29-22(27)26-21-11-12-25-14-18(21)15-28-20-9-7-16(8-10-20)17-5-4-6-19(24)13-17/h4-6,13,16,18,20-21,25H,7-12,14-15H2,1-3H3,(H,26,27)/t16?,18-,20?,21-/m0/s1. The fourth-order valence-corrected chi connectivity index (χ4v) is 4.33. The monoisotopic (exact) mass is 406 g/mol. The molecule has 3 rings (SSSR count). The first-order valence-electron chi connectivity index (χ1n) is 10.9. The molecule has 29 heavy (non-hydrogen) atoms. The summed E-state index contributed by atoms with van der Waals surface area (Å²) in [6.07, 6.45) is 4.79. The lowest BCUT2D eigenvalue weighted by molar-refractivity contribution is -0.00773. The van der Waals surface area contributed by atoms with Crippen molar-refractivity contribution in [3.05, 3.63) is 35.6 Å². The van der Waals surface area contributed by atoms with Gasteiger partial charge in [-0.3, -0.25) is 0 Å². The third-order valence-electron chi connectivity index (χ3n) is 5.85. The lowest BCUT2D eigenvalue weighted by Gasteiger charge is -2.35. The Labute approximate surface area is 173 Å². The van der Waals surface area contributed by atoms with Gasteiger partial charge in [0.1, 0.15) is 11.4 Å². The van der Waals surface area contributed by atoms with E-state index >= 15 is 0 Å². The van der Waals surface area contributed by atoms with Crippen molar-refractivity contribution < 1.29 is 18.7 Å². The van der Waals surface area contributed by atoms with Gasteiger partial charge in [-0.25, -0.2) is 9.18 Å². The molecule has 6 heteroatoms. The predicted octanol–water partition coefficient (Wildman–Crippen LogP) is 4.37. The summed E-state index contributed by atoms with van der Waals surface area (Å²) in [7, 11) is 0. The zero-order valence-electron chi connectivity index (χ0n) is 17.9. The second-order valence-corrected chi connectivity index (χ2v) is 9.37. The van der Waals surface area contributed by atoms with Gasteiger partial charge in [-0.15, -0.1) is 0 Å². The predicted molar refractivity (Wildman–Crippen MR) is 111 cm³/mol. The van der Waals surface area contributed by atoms with Gasteiger partial charge in [-0.05, 0) is 83.0 Å². The molecular weight excluding hydrogens is 371 g/mol. The van der Waals surface area contributed by atoms with E-state index < -0.39 is 5.60 Å². The molecule has 1 saturated heterocycles. The third-order valence-corrected chi connectivity index (χ3v) is 5.85. The Morgan fingerprint density at radius 1 is 1.21 bits per heavy atom. The summed E-state index contributed by atoms with van der Waals surface area (Å²) in [5, 5.41) is 6.43. The van der Waals surface area contributed by atoms with Crippen LogP contribution < -0.4 is 10.6 Å². The molecular formula is C23H35FN2O3. The number of carbonyl (C=O) groups excluding carboxylic acids is 1. The minimum atomic E-state index is -0.497. The van der Waals surface area contributed by atoms with Gasteiger partial charge < -0.3 is 20.1 Å². The Bertz CT molecular complexity index is 668. The first-order chi connectivity index (χ1) is 13.8. The molecule has 1 aromatic rings. The first-order valence-corrected chi connectivity index (χ1v) is 10.9. The van der Waals surface area contributed by atoms with Crippen molar-refractivity contribution >= 4 is 6.09 Å². The van der Waals surface area contributed by atoms with Crippen molar-refractivity contribution in [3.8, 4) is 0 Å². The molecule has 0 unspecified atom stereocenters. The molecule has 1 heterocycles. The normalized spacial score (nSPS) is 28.0. The molecule has 0 radical (unpaired) electrons. The van der Waals surface area contributed by atoms with Crippen LogP contribution in [0.15, 0.2) is 24.3 Å². The van der Waals surface area contributed by atoms with E-state index in [4.69, 9.17) is 9.47 Å². The van der Waals surface area contributed by atoms with Crippen molar-refractivity contribution in [1.29, 1.82) is 0 Å². The minimum Gasteiger partial charge on any atom is -0.444 e. The topological polar surface area (TPSA) is 59.6 Å². The van der Waals surface area contributed by atoms with Crippen LogP contribution in [-0.4, -0.2) is 43.5 Å². The molecule has 2 atom stereocenters. The number of benzene rings is 1. The molecule has 0 spiro atoms. The molecule has 1 aliphatic carbocycles. The van der Waals surface area contributed by atoms with Crippen LogP contribution in [0.2, 0.25) is 0 Å². The van der Waals surface area contributed by atoms with Crippen molar-refractivity contribution in [1.82, 2.24) is 10.6 Å². The van der Waals surface area contributed by atoms with Crippen LogP contribution in [0, 0.1) is 11.7 Å². The van der Waals surface area contributed by atoms with Gasteiger partial charge in [-0.2, -0.15) is 0 Å². The molecule has 1 aromatic carbocycles.